The Hall–Kier alpha value is -1.60. The lowest BCUT2D eigenvalue weighted by atomic mass is 10.1. The Morgan fingerprint density at radius 1 is 1.08 bits per heavy atom. The molecule has 8 heteroatoms. The Morgan fingerprint density at radius 2 is 1.71 bits per heavy atom. The van der Waals surface area contributed by atoms with E-state index >= 15 is 0 Å². The SMILES string of the molecule is CNS(=O)(=O)c1ccc(C(=O)NC(C)c2ccc(Cl)cc2Cl)cc1. The summed E-state index contributed by atoms with van der Waals surface area (Å²) in [6, 6.07) is 10.4. The van der Waals surface area contributed by atoms with Crippen molar-refractivity contribution in [2.24, 2.45) is 0 Å². The molecule has 24 heavy (non-hydrogen) atoms. The molecular weight excluding hydrogens is 371 g/mol. The summed E-state index contributed by atoms with van der Waals surface area (Å²) in [6.07, 6.45) is 0. The molecular formula is C16H16Cl2N2O3S. The fourth-order valence-electron chi connectivity index (χ4n) is 2.11. The maximum atomic E-state index is 12.3. The highest BCUT2D eigenvalue weighted by molar-refractivity contribution is 7.89. The Kier molecular flexibility index (Phi) is 5.87. The second-order valence-corrected chi connectivity index (χ2v) is 7.82. The third kappa shape index (κ3) is 4.27. The van der Waals surface area contributed by atoms with Crippen molar-refractivity contribution >= 4 is 39.1 Å². The van der Waals surface area contributed by atoms with Crippen molar-refractivity contribution in [1.82, 2.24) is 10.0 Å². The van der Waals surface area contributed by atoms with Crippen LogP contribution in [0.5, 0.6) is 0 Å². The molecule has 2 rings (SSSR count). The maximum absolute atomic E-state index is 12.3. The van der Waals surface area contributed by atoms with Gasteiger partial charge in [0, 0.05) is 15.6 Å². The zero-order valence-electron chi connectivity index (χ0n) is 13.0. The number of nitrogens with one attached hydrogen (secondary N) is 2. The number of hydrogen-bond acceptors (Lipinski definition) is 3. The first-order valence-electron chi connectivity index (χ1n) is 7.04. The van der Waals surface area contributed by atoms with Gasteiger partial charge in [-0.2, -0.15) is 0 Å². The maximum Gasteiger partial charge on any atom is 0.251 e. The molecule has 0 aliphatic carbocycles. The zero-order chi connectivity index (χ0) is 17.9. The molecule has 2 aromatic rings. The van der Waals surface area contributed by atoms with Crippen LogP contribution in [0.2, 0.25) is 10.0 Å². The lowest BCUT2D eigenvalue weighted by molar-refractivity contribution is 0.0940. The van der Waals surface area contributed by atoms with Crippen LogP contribution in [0.25, 0.3) is 0 Å². The van der Waals surface area contributed by atoms with Crippen LogP contribution in [0.4, 0.5) is 0 Å². The van der Waals surface area contributed by atoms with Crippen LogP contribution in [0.3, 0.4) is 0 Å². The van der Waals surface area contributed by atoms with Crippen LogP contribution in [-0.2, 0) is 10.0 Å². The summed E-state index contributed by atoms with van der Waals surface area (Å²) in [5.74, 6) is -0.332. The van der Waals surface area contributed by atoms with Gasteiger partial charge in [-0.1, -0.05) is 29.3 Å². The fourth-order valence-corrected chi connectivity index (χ4v) is 3.42. The third-order valence-corrected chi connectivity index (χ3v) is 5.46. The van der Waals surface area contributed by atoms with Gasteiger partial charge in [-0.3, -0.25) is 4.79 Å². The van der Waals surface area contributed by atoms with Gasteiger partial charge in [0.25, 0.3) is 5.91 Å². The average Bonchev–Trinajstić information content (AvgIpc) is 2.54. The minimum Gasteiger partial charge on any atom is -0.345 e. The van der Waals surface area contributed by atoms with Gasteiger partial charge in [0.15, 0.2) is 0 Å². The van der Waals surface area contributed by atoms with Crippen molar-refractivity contribution in [3.05, 3.63) is 63.6 Å². The number of carbonyl (C=O) groups is 1. The highest BCUT2D eigenvalue weighted by atomic mass is 35.5. The smallest absolute Gasteiger partial charge is 0.251 e. The summed E-state index contributed by atoms with van der Waals surface area (Å²) in [7, 11) is -2.20. The predicted molar refractivity (Wildman–Crippen MR) is 95.0 cm³/mol. The van der Waals surface area contributed by atoms with E-state index < -0.39 is 10.0 Å². The molecule has 2 aromatic carbocycles. The van der Waals surface area contributed by atoms with Gasteiger partial charge in [0.2, 0.25) is 10.0 Å². The topological polar surface area (TPSA) is 75.3 Å². The van der Waals surface area contributed by atoms with Crippen LogP contribution in [0, 0.1) is 0 Å². The molecule has 0 radical (unpaired) electrons. The van der Waals surface area contributed by atoms with Crippen LogP contribution >= 0.6 is 23.2 Å². The van der Waals surface area contributed by atoms with E-state index in [9.17, 15) is 13.2 Å². The van der Waals surface area contributed by atoms with E-state index in [-0.39, 0.29) is 16.8 Å². The molecule has 1 atom stereocenters. The number of carbonyl (C=O) groups excluding carboxylic acids is 1. The molecule has 0 aliphatic rings. The number of benzene rings is 2. The quantitative estimate of drug-likeness (QED) is 0.826. The lowest BCUT2D eigenvalue weighted by Gasteiger charge is -2.16. The van der Waals surface area contributed by atoms with Gasteiger partial charge in [-0.15, -0.1) is 0 Å². The third-order valence-electron chi connectivity index (χ3n) is 3.47. The lowest BCUT2D eigenvalue weighted by Crippen LogP contribution is -2.27. The van der Waals surface area contributed by atoms with Gasteiger partial charge in [-0.25, -0.2) is 13.1 Å². The first kappa shape index (κ1) is 18.7. The Balaban J connectivity index is 2.15. The van der Waals surface area contributed by atoms with Crippen molar-refractivity contribution in [2.45, 2.75) is 17.9 Å². The van der Waals surface area contributed by atoms with Gasteiger partial charge in [0.05, 0.1) is 10.9 Å². The van der Waals surface area contributed by atoms with Gasteiger partial charge in [0.1, 0.15) is 0 Å². The van der Waals surface area contributed by atoms with E-state index in [1.165, 1.54) is 31.3 Å². The molecule has 0 aliphatic heterocycles. The number of amides is 1. The molecule has 0 saturated carbocycles. The normalized spacial score (nSPS) is 12.7. The van der Waals surface area contributed by atoms with Crippen LogP contribution in [0.1, 0.15) is 28.9 Å². The van der Waals surface area contributed by atoms with Gasteiger partial charge < -0.3 is 5.32 Å². The van der Waals surface area contributed by atoms with Crippen LogP contribution in [-0.4, -0.2) is 21.4 Å². The monoisotopic (exact) mass is 386 g/mol. The standard InChI is InChI=1S/C16H16Cl2N2O3S/c1-10(14-8-5-12(17)9-15(14)18)20-16(21)11-3-6-13(7-4-11)24(22,23)19-2/h3-10,19H,1-2H3,(H,20,21). The van der Waals surface area contributed by atoms with Crippen molar-refractivity contribution < 1.29 is 13.2 Å². The van der Waals surface area contributed by atoms with Crippen molar-refractivity contribution in [3.63, 3.8) is 0 Å². The van der Waals surface area contributed by atoms with E-state index in [1.54, 1.807) is 25.1 Å². The van der Waals surface area contributed by atoms with Crippen molar-refractivity contribution in [1.29, 1.82) is 0 Å². The highest BCUT2D eigenvalue weighted by Gasteiger charge is 2.16. The molecule has 0 heterocycles. The molecule has 5 nitrogen and oxygen atoms in total. The molecule has 0 spiro atoms. The summed E-state index contributed by atoms with van der Waals surface area (Å²) in [4.78, 5) is 12.4. The molecule has 0 fully saturated rings. The largest absolute Gasteiger partial charge is 0.345 e. The van der Waals surface area contributed by atoms with E-state index in [0.717, 1.165) is 5.56 Å². The Labute approximate surface area is 151 Å². The summed E-state index contributed by atoms with van der Waals surface area (Å²) in [6.45, 7) is 1.80. The first-order chi connectivity index (χ1) is 11.2. The van der Waals surface area contributed by atoms with E-state index in [1.807, 2.05) is 0 Å². The molecule has 1 unspecified atom stereocenters. The van der Waals surface area contributed by atoms with Crippen LogP contribution in [0.15, 0.2) is 47.4 Å². The number of halogens is 2. The molecule has 1 amide bonds. The summed E-state index contributed by atoms with van der Waals surface area (Å²) < 4.78 is 25.6. The van der Waals surface area contributed by atoms with Crippen LogP contribution < -0.4 is 10.0 Å². The second-order valence-electron chi connectivity index (χ2n) is 5.09. The van der Waals surface area contributed by atoms with Gasteiger partial charge >= 0.3 is 0 Å². The fraction of sp³-hybridized carbons (Fsp3) is 0.188. The summed E-state index contributed by atoms with van der Waals surface area (Å²) in [5, 5.41) is 3.79. The Bertz CT molecular complexity index is 852. The molecule has 128 valence electrons. The number of hydrogen-bond donors (Lipinski definition) is 2. The summed E-state index contributed by atoms with van der Waals surface area (Å²) >= 11 is 12.0. The van der Waals surface area contributed by atoms with Crippen molar-refractivity contribution in [2.75, 3.05) is 7.05 Å². The summed E-state index contributed by atoms with van der Waals surface area (Å²) in [5.41, 5.74) is 1.09. The predicted octanol–water partition coefficient (Wildman–Crippen LogP) is 3.39. The average molecular weight is 387 g/mol. The number of rotatable bonds is 5. The molecule has 0 bridgehead atoms. The van der Waals surface area contributed by atoms with E-state index in [0.29, 0.717) is 15.6 Å². The number of sulfonamides is 1. The second kappa shape index (κ2) is 7.53. The minimum absolute atomic E-state index is 0.0929. The molecule has 2 N–H and O–H groups in total. The molecule has 0 aromatic heterocycles. The highest BCUT2D eigenvalue weighted by Crippen LogP contribution is 2.26. The van der Waals surface area contributed by atoms with E-state index in [2.05, 4.69) is 10.0 Å². The van der Waals surface area contributed by atoms with E-state index in [4.69, 9.17) is 23.2 Å². The Morgan fingerprint density at radius 3 is 2.25 bits per heavy atom. The molecule has 0 saturated heterocycles. The zero-order valence-corrected chi connectivity index (χ0v) is 15.3. The van der Waals surface area contributed by atoms with Gasteiger partial charge in [-0.05, 0) is 55.9 Å². The van der Waals surface area contributed by atoms with Crippen molar-refractivity contribution in [3.8, 4) is 0 Å². The first-order valence-corrected chi connectivity index (χ1v) is 9.28. The minimum atomic E-state index is -3.53.